The summed E-state index contributed by atoms with van der Waals surface area (Å²) in [5.74, 6) is 4.23. The van der Waals surface area contributed by atoms with E-state index in [4.69, 9.17) is 4.74 Å². The molecule has 2 heteroatoms. The van der Waals surface area contributed by atoms with Crippen LogP contribution in [-0.4, -0.2) is 18.3 Å². The quantitative estimate of drug-likeness (QED) is 0.739. The van der Waals surface area contributed by atoms with E-state index in [9.17, 15) is 5.11 Å². The summed E-state index contributed by atoms with van der Waals surface area (Å²) in [6.45, 7) is 4.51. The molecule has 4 aliphatic rings. The van der Waals surface area contributed by atoms with Gasteiger partial charge in [0.25, 0.3) is 0 Å². The maximum atomic E-state index is 10.3. The fourth-order valence-electron chi connectivity index (χ4n) is 6.88. The van der Waals surface area contributed by atoms with E-state index in [-0.39, 0.29) is 6.10 Å². The van der Waals surface area contributed by atoms with Crippen molar-refractivity contribution in [1.82, 2.24) is 0 Å². The van der Waals surface area contributed by atoms with Crippen molar-refractivity contribution >= 4 is 0 Å². The minimum absolute atomic E-state index is 0.137. The Labute approximate surface area is 141 Å². The molecule has 0 aromatic rings. The second-order valence-electron chi connectivity index (χ2n) is 8.77. The van der Waals surface area contributed by atoms with E-state index in [0.717, 1.165) is 30.6 Å². The minimum Gasteiger partial charge on any atom is -0.501 e. The Balaban J connectivity index is 1.59. The predicted molar refractivity (Wildman–Crippen MR) is 92.8 cm³/mol. The highest BCUT2D eigenvalue weighted by atomic mass is 16.5. The van der Waals surface area contributed by atoms with Gasteiger partial charge in [-0.15, -0.1) is 0 Å². The van der Waals surface area contributed by atoms with E-state index in [1.165, 1.54) is 44.3 Å². The SMILES string of the molecule is COC1=CCC2=C(CC[C@@H]3[C@@H]2CC[C@]2(C)[C@@H]([C@H](C)O)CC[C@@H]32)C1. The molecule has 2 fully saturated rings. The standard InChI is InChI=1S/C21H32O2/c1-13(22)19-8-9-20-18-6-4-14-12-15(23-3)5-7-16(14)17(18)10-11-21(19,20)2/h5,13,17-20,22H,4,6-12H2,1-3H3/t13-,17+,18+,19+,20-,21+/m0/s1. The van der Waals surface area contributed by atoms with Gasteiger partial charge in [-0.1, -0.05) is 18.1 Å². The van der Waals surface area contributed by atoms with E-state index in [0.29, 0.717) is 11.3 Å². The summed E-state index contributed by atoms with van der Waals surface area (Å²) in [6, 6.07) is 0. The Morgan fingerprint density at radius 1 is 1.26 bits per heavy atom. The van der Waals surface area contributed by atoms with Gasteiger partial charge in [-0.05, 0) is 87.0 Å². The molecule has 23 heavy (non-hydrogen) atoms. The number of fused-ring (bicyclic) bond motifs is 4. The lowest BCUT2D eigenvalue weighted by atomic mass is 9.53. The highest BCUT2D eigenvalue weighted by Gasteiger charge is 2.55. The molecule has 0 radical (unpaired) electrons. The third-order valence-electron chi connectivity index (χ3n) is 7.97. The van der Waals surface area contributed by atoms with Gasteiger partial charge in [-0.2, -0.15) is 0 Å². The van der Waals surface area contributed by atoms with Crippen LogP contribution in [0.2, 0.25) is 0 Å². The van der Waals surface area contributed by atoms with Crippen LogP contribution in [0.25, 0.3) is 0 Å². The zero-order valence-electron chi connectivity index (χ0n) is 15.0. The average molecular weight is 316 g/mol. The maximum Gasteiger partial charge on any atom is 0.0959 e. The summed E-state index contributed by atoms with van der Waals surface area (Å²) < 4.78 is 5.50. The van der Waals surface area contributed by atoms with Crippen molar-refractivity contribution in [2.75, 3.05) is 7.11 Å². The second-order valence-corrected chi connectivity index (χ2v) is 8.77. The molecule has 0 heterocycles. The molecule has 0 aliphatic heterocycles. The van der Waals surface area contributed by atoms with E-state index in [1.54, 1.807) is 11.1 Å². The highest BCUT2D eigenvalue weighted by molar-refractivity contribution is 5.32. The first-order chi connectivity index (χ1) is 11.0. The summed E-state index contributed by atoms with van der Waals surface area (Å²) in [5.41, 5.74) is 3.85. The fraction of sp³-hybridized carbons (Fsp3) is 0.810. The second kappa shape index (κ2) is 5.65. The third kappa shape index (κ3) is 2.32. The highest BCUT2D eigenvalue weighted by Crippen LogP contribution is 2.63. The van der Waals surface area contributed by atoms with Crippen LogP contribution < -0.4 is 0 Å². The van der Waals surface area contributed by atoms with Crippen LogP contribution in [0.4, 0.5) is 0 Å². The monoisotopic (exact) mass is 316 g/mol. The Hall–Kier alpha value is -0.760. The van der Waals surface area contributed by atoms with E-state index < -0.39 is 0 Å². The third-order valence-corrected chi connectivity index (χ3v) is 7.97. The fourth-order valence-corrected chi connectivity index (χ4v) is 6.88. The molecule has 2 nitrogen and oxygen atoms in total. The lowest BCUT2D eigenvalue weighted by molar-refractivity contribution is -0.0264. The van der Waals surface area contributed by atoms with Crippen LogP contribution in [0.5, 0.6) is 0 Å². The molecule has 0 aromatic carbocycles. The molecule has 0 spiro atoms. The minimum atomic E-state index is -0.137. The Kier molecular flexibility index (Phi) is 3.87. The Morgan fingerprint density at radius 3 is 2.83 bits per heavy atom. The molecule has 4 rings (SSSR count). The molecule has 4 aliphatic carbocycles. The van der Waals surface area contributed by atoms with Crippen LogP contribution in [0, 0.1) is 29.1 Å². The number of hydrogen-bond donors (Lipinski definition) is 1. The van der Waals surface area contributed by atoms with Gasteiger partial charge in [0, 0.05) is 6.42 Å². The predicted octanol–water partition coefficient (Wildman–Crippen LogP) is 4.84. The largest absolute Gasteiger partial charge is 0.501 e. The Bertz CT molecular complexity index is 544. The zero-order valence-corrected chi connectivity index (χ0v) is 15.0. The van der Waals surface area contributed by atoms with Crippen molar-refractivity contribution in [3.8, 4) is 0 Å². The van der Waals surface area contributed by atoms with E-state index >= 15 is 0 Å². The lowest BCUT2D eigenvalue weighted by Gasteiger charge is -2.52. The number of aliphatic hydroxyl groups is 1. The molecule has 0 bridgehead atoms. The summed E-state index contributed by atoms with van der Waals surface area (Å²) in [4.78, 5) is 0. The van der Waals surface area contributed by atoms with Gasteiger partial charge in [0.05, 0.1) is 19.0 Å². The molecule has 0 unspecified atom stereocenters. The molecule has 0 aromatic heterocycles. The van der Waals surface area contributed by atoms with Crippen molar-refractivity contribution in [3.05, 3.63) is 23.0 Å². The van der Waals surface area contributed by atoms with Gasteiger partial charge >= 0.3 is 0 Å². The molecule has 2 saturated carbocycles. The molecule has 1 N–H and O–H groups in total. The van der Waals surface area contributed by atoms with Gasteiger partial charge in [-0.3, -0.25) is 0 Å². The molecule has 128 valence electrons. The summed E-state index contributed by atoms with van der Waals surface area (Å²) in [5, 5.41) is 10.3. The van der Waals surface area contributed by atoms with Crippen molar-refractivity contribution < 1.29 is 9.84 Å². The number of rotatable bonds is 2. The van der Waals surface area contributed by atoms with Crippen molar-refractivity contribution in [3.63, 3.8) is 0 Å². The molecule has 0 amide bonds. The first-order valence-corrected chi connectivity index (χ1v) is 9.66. The summed E-state index contributed by atoms with van der Waals surface area (Å²) >= 11 is 0. The molecular weight excluding hydrogens is 284 g/mol. The van der Waals surface area contributed by atoms with Crippen molar-refractivity contribution in [1.29, 1.82) is 0 Å². The van der Waals surface area contributed by atoms with Gasteiger partial charge < -0.3 is 9.84 Å². The molecule has 6 atom stereocenters. The van der Waals surface area contributed by atoms with Crippen molar-refractivity contribution in [2.45, 2.75) is 71.3 Å². The number of ether oxygens (including phenoxy) is 1. The lowest BCUT2D eigenvalue weighted by Crippen LogP contribution is -2.45. The summed E-state index contributed by atoms with van der Waals surface area (Å²) in [7, 11) is 1.81. The number of hydrogen-bond acceptors (Lipinski definition) is 2. The Morgan fingerprint density at radius 2 is 2.09 bits per heavy atom. The molecular formula is C21H32O2. The number of aliphatic hydroxyl groups excluding tert-OH is 1. The zero-order chi connectivity index (χ0) is 16.2. The van der Waals surface area contributed by atoms with Crippen LogP contribution in [0.15, 0.2) is 23.0 Å². The first kappa shape index (κ1) is 15.7. The van der Waals surface area contributed by atoms with Crippen LogP contribution in [-0.2, 0) is 4.74 Å². The number of methoxy groups -OCH3 is 1. The topological polar surface area (TPSA) is 29.5 Å². The van der Waals surface area contributed by atoms with E-state index in [2.05, 4.69) is 13.0 Å². The molecule has 0 saturated heterocycles. The number of allylic oxidation sites excluding steroid dienone is 3. The van der Waals surface area contributed by atoms with Crippen LogP contribution >= 0.6 is 0 Å². The van der Waals surface area contributed by atoms with Crippen LogP contribution in [0.1, 0.15) is 65.2 Å². The van der Waals surface area contributed by atoms with Gasteiger partial charge in [-0.25, -0.2) is 0 Å². The van der Waals surface area contributed by atoms with Crippen LogP contribution in [0.3, 0.4) is 0 Å². The van der Waals surface area contributed by atoms with Crippen molar-refractivity contribution in [2.24, 2.45) is 29.1 Å². The van der Waals surface area contributed by atoms with E-state index in [1.807, 2.05) is 14.0 Å². The maximum absolute atomic E-state index is 10.3. The smallest absolute Gasteiger partial charge is 0.0959 e. The first-order valence-electron chi connectivity index (χ1n) is 9.66. The van der Waals surface area contributed by atoms with Gasteiger partial charge in [0.2, 0.25) is 0 Å². The average Bonchev–Trinajstić information content (AvgIpc) is 2.91. The normalized spacial score (nSPS) is 44.1. The van der Waals surface area contributed by atoms with Gasteiger partial charge in [0.1, 0.15) is 0 Å². The summed E-state index contributed by atoms with van der Waals surface area (Å²) in [6.07, 6.45) is 12.3. The van der Waals surface area contributed by atoms with Gasteiger partial charge in [0.15, 0.2) is 0 Å².